The van der Waals surface area contributed by atoms with Crippen LogP contribution in [0.15, 0.2) is 16.7 Å². The topological polar surface area (TPSA) is 63.2 Å². The third kappa shape index (κ3) is 5.96. The average molecular weight is 398 g/mol. The first-order valence-electron chi connectivity index (χ1n) is 8.61. The summed E-state index contributed by atoms with van der Waals surface area (Å²) in [6.45, 7) is 8.27. The van der Waals surface area contributed by atoms with Gasteiger partial charge in [0.1, 0.15) is 10.2 Å². The highest BCUT2D eigenvalue weighted by molar-refractivity contribution is 9.10. The smallest absolute Gasteiger partial charge is 0.407 e. The fourth-order valence-electron chi connectivity index (χ4n) is 3.05. The van der Waals surface area contributed by atoms with E-state index in [1.54, 1.807) is 0 Å². The fourth-order valence-corrected chi connectivity index (χ4v) is 3.45. The van der Waals surface area contributed by atoms with Crippen LogP contribution in [0, 0.1) is 12.8 Å². The number of aromatic nitrogens is 1. The van der Waals surface area contributed by atoms with Crippen LogP contribution in [-0.2, 0) is 4.74 Å². The van der Waals surface area contributed by atoms with E-state index in [1.165, 1.54) is 12.8 Å². The van der Waals surface area contributed by atoms with Gasteiger partial charge >= 0.3 is 6.09 Å². The molecule has 0 radical (unpaired) electrons. The monoisotopic (exact) mass is 397 g/mol. The van der Waals surface area contributed by atoms with Gasteiger partial charge in [-0.3, -0.25) is 0 Å². The maximum absolute atomic E-state index is 11.9. The normalized spacial score (nSPS) is 21.2. The van der Waals surface area contributed by atoms with E-state index in [0.717, 1.165) is 28.8 Å². The van der Waals surface area contributed by atoms with Crippen molar-refractivity contribution in [1.29, 1.82) is 0 Å². The number of carbonyl (C=O) groups excluding carboxylic acids is 1. The van der Waals surface area contributed by atoms with Gasteiger partial charge < -0.3 is 15.4 Å². The van der Waals surface area contributed by atoms with Crippen molar-refractivity contribution in [2.24, 2.45) is 5.92 Å². The number of amides is 1. The van der Waals surface area contributed by atoms with E-state index in [4.69, 9.17) is 4.74 Å². The second-order valence-corrected chi connectivity index (χ2v) is 8.26. The van der Waals surface area contributed by atoms with Gasteiger partial charge in [0.2, 0.25) is 0 Å². The molecule has 24 heavy (non-hydrogen) atoms. The SMILES string of the molecule is Cc1nc(Br)ccc1NC1CCCCC1CNC(=O)OC(C)(C)C. The number of nitrogens with one attached hydrogen (secondary N) is 2. The lowest BCUT2D eigenvalue weighted by atomic mass is 9.84. The van der Waals surface area contributed by atoms with Gasteiger partial charge in [0, 0.05) is 12.6 Å². The summed E-state index contributed by atoms with van der Waals surface area (Å²) in [5.41, 5.74) is 1.58. The molecule has 2 N–H and O–H groups in total. The van der Waals surface area contributed by atoms with Crippen molar-refractivity contribution in [2.45, 2.75) is 65.0 Å². The standard InChI is InChI=1S/C18H28BrN3O2/c1-12-14(9-10-16(19)21-12)22-15-8-6-5-7-13(15)11-20-17(23)24-18(2,3)4/h9-10,13,15,22H,5-8,11H2,1-4H3,(H,20,23). The van der Waals surface area contributed by atoms with E-state index in [1.807, 2.05) is 33.8 Å². The zero-order valence-corrected chi connectivity index (χ0v) is 16.6. The number of alkyl carbamates (subject to hydrolysis) is 1. The second-order valence-electron chi connectivity index (χ2n) is 7.45. The van der Waals surface area contributed by atoms with Gasteiger partial charge in [-0.05, 0) is 74.5 Å². The Bertz CT molecular complexity index is 572. The van der Waals surface area contributed by atoms with Crippen molar-refractivity contribution in [3.8, 4) is 0 Å². The Labute approximate surface area is 153 Å². The number of nitrogens with zero attached hydrogens (tertiary/aromatic N) is 1. The minimum Gasteiger partial charge on any atom is -0.444 e. The zero-order valence-electron chi connectivity index (χ0n) is 15.0. The van der Waals surface area contributed by atoms with Crippen LogP contribution in [-0.4, -0.2) is 29.3 Å². The summed E-state index contributed by atoms with van der Waals surface area (Å²) in [4.78, 5) is 16.3. The molecule has 1 saturated carbocycles. The van der Waals surface area contributed by atoms with Gasteiger partial charge in [0.25, 0.3) is 0 Å². The Morgan fingerprint density at radius 2 is 2.04 bits per heavy atom. The first kappa shape index (κ1) is 19.0. The molecule has 2 rings (SSSR count). The number of carbonyl (C=O) groups is 1. The van der Waals surface area contributed by atoms with E-state index >= 15 is 0 Å². The van der Waals surface area contributed by atoms with Crippen molar-refractivity contribution in [3.05, 3.63) is 22.4 Å². The predicted molar refractivity (Wildman–Crippen MR) is 100 cm³/mol. The van der Waals surface area contributed by atoms with E-state index in [9.17, 15) is 4.79 Å². The third-order valence-electron chi connectivity index (χ3n) is 4.21. The summed E-state index contributed by atoms with van der Waals surface area (Å²) in [5.74, 6) is 0.398. The lowest BCUT2D eigenvalue weighted by Gasteiger charge is -2.33. The number of aryl methyl sites for hydroxylation is 1. The molecule has 1 fully saturated rings. The maximum atomic E-state index is 11.9. The first-order valence-corrected chi connectivity index (χ1v) is 9.40. The minimum atomic E-state index is -0.464. The van der Waals surface area contributed by atoms with Gasteiger partial charge in [-0.25, -0.2) is 9.78 Å². The Kier molecular flexibility index (Phi) is 6.49. The van der Waals surface area contributed by atoms with Gasteiger partial charge in [0.15, 0.2) is 0 Å². The Morgan fingerprint density at radius 1 is 1.33 bits per heavy atom. The summed E-state index contributed by atoms with van der Waals surface area (Å²) in [7, 11) is 0. The van der Waals surface area contributed by atoms with Crippen LogP contribution in [0.25, 0.3) is 0 Å². The predicted octanol–water partition coefficient (Wildman–Crippen LogP) is 4.65. The van der Waals surface area contributed by atoms with E-state index in [0.29, 0.717) is 18.5 Å². The van der Waals surface area contributed by atoms with Crippen molar-refractivity contribution in [3.63, 3.8) is 0 Å². The number of hydrogen-bond acceptors (Lipinski definition) is 4. The van der Waals surface area contributed by atoms with Crippen LogP contribution in [0.5, 0.6) is 0 Å². The molecule has 0 aromatic carbocycles. The number of pyridine rings is 1. The molecule has 0 aliphatic heterocycles. The van der Waals surface area contributed by atoms with E-state index in [2.05, 4.69) is 37.6 Å². The lowest BCUT2D eigenvalue weighted by Crippen LogP contribution is -2.42. The number of rotatable bonds is 4. The summed E-state index contributed by atoms with van der Waals surface area (Å²) < 4.78 is 6.17. The van der Waals surface area contributed by atoms with Crippen LogP contribution in [0.4, 0.5) is 10.5 Å². The van der Waals surface area contributed by atoms with Crippen LogP contribution in [0.2, 0.25) is 0 Å². The Morgan fingerprint density at radius 3 is 2.71 bits per heavy atom. The molecule has 0 bridgehead atoms. The highest BCUT2D eigenvalue weighted by Crippen LogP contribution is 2.28. The fraction of sp³-hybridized carbons (Fsp3) is 0.667. The molecule has 1 aliphatic rings. The molecule has 0 spiro atoms. The quantitative estimate of drug-likeness (QED) is 0.725. The molecule has 134 valence electrons. The van der Waals surface area contributed by atoms with Crippen LogP contribution >= 0.6 is 15.9 Å². The summed E-state index contributed by atoms with van der Waals surface area (Å²) in [6.07, 6.45) is 4.29. The van der Waals surface area contributed by atoms with Crippen LogP contribution < -0.4 is 10.6 Å². The number of anilines is 1. The molecule has 1 aromatic heterocycles. The summed E-state index contributed by atoms with van der Waals surface area (Å²) >= 11 is 3.40. The number of halogens is 1. The molecule has 1 heterocycles. The number of hydrogen-bond donors (Lipinski definition) is 2. The molecule has 1 aliphatic carbocycles. The summed E-state index contributed by atoms with van der Waals surface area (Å²) in [5, 5.41) is 6.55. The largest absolute Gasteiger partial charge is 0.444 e. The van der Waals surface area contributed by atoms with Crippen molar-refractivity contribution < 1.29 is 9.53 Å². The van der Waals surface area contributed by atoms with Gasteiger partial charge in [-0.15, -0.1) is 0 Å². The van der Waals surface area contributed by atoms with Crippen molar-refractivity contribution in [1.82, 2.24) is 10.3 Å². The minimum absolute atomic E-state index is 0.340. The molecule has 0 saturated heterocycles. The van der Waals surface area contributed by atoms with Gasteiger partial charge in [-0.1, -0.05) is 12.8 Å². The third-order valence-corrected chi connectivity index (χ3v) is 4.65. The molecule has 5 nitrogen and oxygen atoms in total. The molecular formula is C18H28BrN3O2. The van der Waals surface area contributed by atoms with E-state index in [-0.39, 0.29) is 6.09 Å². The average Bonchev–Trinajstić information content (AvgIpc) is 2.47. The highest BCUT2D eigenvalue weighted by atomic mass is 79.9. The lowest BCUT2D eigenvalue weighted by molar-refractivity contribution is 0.0514. The first-order chi connectivity index (χ1) is 11.2. The highest BCUT2D eigenvalue weighted by Gasteiger charge is 2.26. The van der Waals surface area contributed by atoms with Crippen molar-refractivity contribution in [2.75, 3.05) is 11.9 Å². The van der Waals surface area contributed by atoms with Gasteiger partial charge in [-0.2, -0.15) is 0 Å². The summed E-state index contributed by atoms with van der Waals surface area (Å²) in [6, 6.07) is 4.35. The van der Waals surface area contributed by atoms with E-state index < -0.39 is 5.60 Å². The number of ether oxygens (including phenoxy) is 1. The molecular weight excluding hydrogens is 370 g/mol. The zero-order chi connectivity index (χ0) is 17.7. The van der Waals surface area contributed by atoms with Crippen LogP contribution in [0.1, 0.15) is 52.1 Å². The molecule has 1 amide bonds. The molecule has 2 atom stereocenters. The second kappa shape index (κ2) is 8.19. The maximum Gasteiger partial charge on any atom is 0.407 e. The molecule has 2 unspecified atom stereocenters. The Balaban J connectivity index is 1.94. The Hall–Kier alpha value is -1.30. The van der Waals surface area contributed by atoms with Crippen LogP contribution in [0.3, 0.4) is 0 Å². The molecule has 6 heteroatoms. The molecule has 1 aromatic rings. The van der Waals surface area contributed by atoms with Gasteiger partial charge in [0.05, 0.1) is 11.4 Å². The van der Waals surface area contributed by atoms with Crippen molar-refractivity contribution >= 4 is 27.7 Å².